The number of hydrogen-bond acceptors (Lipinski definition) is 2. The van der Waals surface area contributed by atoms with Crippen LogP contribution in [0.1, 0.15) is 11.1 Å². The highest BCUT2D eigenvalue weighted by Crippen LogP contribution is 2.25. The molecule has 2 rings (SSSR count). The van der Waals surface area contributed by atoms with Gasteiger partial charge in [0.1, 0.15) is 5.82 Å². The molecule has 2 aromatic carbocycles. The summed E-state index contributed by atoms with van der Waals surface area (Å²) in [5, 5.41) is 12.0. The van der Waals surface area contributed by atoms with Crippen LogP contribution in [0.15, 0.2) is 40.9 Å². The first kappa shape index (κ1) is 12.6. The maximum atomic E-state index is 13.4. The van der Waals surface area contributed by atoms with Crippen molar-refractivity contribution < 1.29 is 4.39 Å². The zero-order valence-electron chi connectivity index (χ0n) is 9.67. The molecule has 0 unspecified atom stereocenters. The normalized spacial score (nSPS) is 9.89. The SMILES string of the molecule is Cc1c(F)cccc1Nc1cc(Br)cc(C#N)c1. The molecule has 0 spiro atoms. The van der Waals surface area contributed by atoms with Crippen LogP contribution in [0.5, 0.6) is 0 Å². The second kappa shape index (κ2) is 5.19. The van der Waals surface area contributed by atoms with Crippen LogP contribution in [-0.4, -0.2) is 0 Å². The van der Waals surface area contributed by atoms with E-state index in [0.717, 1.165) is 10.2 Å². The molecule has 0 saturated carbocycles. The van der Waals surface area contributed by atoms with Crippen molar-refractivity contribution in [3.05, 3.63) is 57.8 Å². The minimum atomic E-state index is -0.254. The molecule has 0 heterocycles. The van der Waals surface area contributed by atoms with Gasteiger partial charge in [0.05, 0.1) is 11.6 Å². The van der Waals surface area contributed by atoms with E-state index in [1.54, 1.807) is 31.2 Å². The number of nitriles is 1. The van der Waals surface area contributed by atoms with Gasteiger partial charge in [0, 0.05) is 21.4 Å². The fourth-order valence-corrected chi connectivity index (χ4v) is 2.12. The average Bonchev–Trinajstić information content (AvgIpc) is 2.34. The van der Waals surface area contributed by atoms with Crippen LogP contribution < -0.4 is 5.32 Å². The van der Waals surface area contributed by atoms with Crippen molar-refractivity contribution in [1.82, 2.24) is 0 Å². The molecule has 0 aromatic heterocycles. The van der Waals surface area contributed by atoms with Crippen molar-refractivity contribution in [2.24, 2.45) is 0 Å². The first-order chi connectivity index (χ1) is 8.60. The van der Waals surface area contributed by atoms with Crippen molar-refractivity contribution in [1.29, 1.82) is 5.26 Å². The molecule has 0 fully saturated rings. The van der Waals surface area contributed by atoms with E-state index >= 15 is 0 Å². The average molecular weight is 305 g/mol. The number of nitrogens with one attached hydrogen (secondary N) is 1. The van der Waals surface area contributed by atoms with E-state index in [0.29, 0.717) is 16.8 Å². The highest BCUT2D eigenvalue weighted by molar-refractivity contribution is 9.10. The third-order valence-corrected chi connectivity index (χ3v) is 3.03. The summed E-state index contributed by atoms with van der Waals surface area (Å²) in [6.45, 7) is 1.71. The van der Waals surface area contributed by atoms with Crippen molar-refractivity contribution in [2.45, 2.75) is 6.92 Å². The Bertz CT molecular complexity index is 632. The largest absolute Gasteiger partial charge is 0.355 e. The molecule has 0 aliphatic rings. The Hall–Kier alpha value is -1.86. The molecule has 0 aliphatic heterocycles. The maximum Gasteiger partial charge on any atom is 0.128 e. The van der Waals surface area contributed by atoms with Crippen molar-refractivity contribution in [3.8, 4) is 6.07 Å². The molecular formula is C14H10BrFN2. The summed E-state index contributed by atoms with van der Waals surface area (Å²) in [6, 6.07) is 12.2. The Morgan fingerprint density at radius 1 is 1.28 bits per heavy atom. The van der Waals surface area contributed by atoms with E-state index in [-0.39, 0.29) is 5.82 Å². The standard InChI is InChI=1S/C14H10BrFN2/c1-9-13(16)3-2-4-14(9)18-12-6-10(8-17)5-11(15)7-12/h2-7,18H,1H3. The lowest BCUT2D eigenvalue weighted by atomic mass is 10.1. The van der Waals surface area contributed by atoms with E-state index in [1.165, 1.54) is 6.07 Å². The lowest BCUT2D eigenvalue weighted by molar-refractivity contribution is 0.619. The minimum absolute atomic E-state index is 0.254. The van der Waals surface area contributed by atoms with Crippen LogP contribution in [0.2, 0.25) is 0 Å². The van der Waals surface area contributed by atoms with E-state index in [2.05, 4.69) is 27.3 Å². The quantitative estimate of drug-likeness (QED) is 0.886. The summed E-state index contributed by atoms with van der Waals surface area (Å²) in [7, 11) is 0. The van der Waals surface area contributed by atoms with Gasteiger partial charge in [0.2, 0.25) is 0 Å². The first-order valence-electron chi connectivity index (χ1n) is 5.33. The molecule has 0 atom stereocenters. The van der Waals surface area contributed by atoms with Gasteiger partial charge in [0.25, 0.3) is 0 Å². The fourth-order valence-electron chi connectivity index (χ4n) is 1.62. The number of rotatable bonds is 2. The number of anilines is 2. The third-order valence-electron chi connectivity index (χ3n) is 2.57. The lowest BCUT2D eigenvalue weighted by Gasteiger charge is -2.10. The van der Waals surface area contributed by atoms with E-state index in [4.69, 9.17) is 5.26 Å². The summed E-state index contributed by atoms with van der Waals surface area (Å²) >= 11 is 3.33. The topological polar surface area (TPSA) is 35.8 Å². The molecule has 0 aliphatic carbocycles. The number of halogens is 2. The maximum absolute atomic E-state index is 13.4. The molecule has 4 heteroatoms. The van der Waals surface area contributed by atoms with Crippen LogP contribution in [0, 0.1) is 24.1 Å². The zero-order valence-corrected chi connectivity index (χ0v) is 11.3. The van der Waals surface area contributed by atoms with Crippen molar-refractivity contribution in [3.63, 3.8) is 0 Å². The number of benzene rings is 2. The van der Waals surface area contributed by atoms with Gasteiger partial charge in [-0.2, -0.15) is 5.26 Å². The molecule has 0 bridgehead atoms. The summed E-state index contributed by atoms with van der Waals surface area (Å²) in [5.41, 5.74) is 2.53. The summed E-state index contributed by atoms with van der Waals surface area (Å²) < 4.78 is 14.2. The summed E-state index contributed by atoms with van der Waals surface area (Å²) in [6.07, 6.45) is 0. The Morgan fingerprint density at radius 3 is 2.78 bits per heavy atom. The lowest BCUT2D eigenvalue weighted by Crippen LogP contribution is -1.95. The van der Waals surface area contributed by atoms with Crippen LogP contribution in [0.25, 0.3) is 0 Å². The smallest absolute Gasteiger partial charge is 0.128 e. The van der Waals surface area contributed by atoms with Gasteiger partial charge in [-0.25, -0.2) is 4.39 Å². The third kappa shape index (κ3) is 2.69. The molecule has 18 heavy (non-hydrogen) atoms. The minimum Gasteiger partial charge on any atom is -0.355 e. The first-order valence-corrected chi connectivity index (χ1v) is 6.12. The van der Waals surface area contributed by atoms with Crippen molar-refractivity contribution >= 4 is 27.3 Å². The second-order valence-corrected chi connectivity index (χ2v) is 4.79. The Kier molecular flexibility index (Phi) is 3.63. The van der Waals surface area contributed by atoms with Gasteiger partial charge in [-0.3, -0.25) is 0 Å². The monoisotopic (exact) mass is 304 g/mol. The molecule has 90 valence electrons. The molecule has 0 radical (unpaired) electrons. The highest BCUT2D eigenvalue weighted by atomic mass is 79.9. The van der Waals surface area contributed by atoms with Gasteiger partial charge in [-0.05, 0) is 37.3 Å². The molecule has 1 N–H and O–H groups in total. The highest BCUT2D eigenvalue weighted by Gasteiger charge is 2.05. The summed E-state index contributed by atoms with van der Waals surface area (Å²) in [5.74, 6) is -0.254. The van der Waals surface area contributed by atoms with Crippen LogP contribution >= 0.6 is 15.9 Å². The van der Waals surface area contributed by atoms with Gasteiger partial charge >= 0.3 is 0 Å². The second-order valence-electron chi connectivity index (χ2n) is 3.88. The Balaban J connectivity index is 2.37. The Labute approximate surface area is 113 Å². The molecular weight excluding hydrogens is 295 g/mol. The zero-order chi connectivity index (χ0) is 13.1. The number of nitrogens with zero attached hydrogens (tertiary/aromatic N) is 1. The molecule has 0 saturated heterocycles. The molecule has 2 aromatic rings. The van der Waals surface area contributed by atoms with Gasteiger partial charge < -0.3 is 5.32 Å². The van der Waals surface area contributed by atoms with Crippen LogP contribution in [0.4, 0.5) is 15.8 Å². The van der Waals surface area contributed by atoms with Gasteiger partial charge in [0.15, 0.2) is 0 Å². The Morgan fingerprint density at radius 2 is 2.06 bits per heavy atom. The van der Waals surface area contributed by atoms with Crippen LogP contribution in [0.3, 0.4) is 0 Å². The van der Waals surface area contributed by atoms with E-state index in [1.807, 2.05) is 6.07 Å². The molecule has 0 amide bonds. The predicted molar refractivity (Wildman–Crippen MR) is 73.3 cm³/mol. The van der Waals surface area contributed by atoms with Crippen molar-refractivity contribution in [2.75, 3.05) is 5.32 Å². The van der Waals surface area contributed by atoms with Crippen LogP contribution in [-0.2, 0) is 0 Å². The van der Waals surface area contributed by atoms with E-state index in [9.17, 15) is 4.39 Å². The fraction of sp³-hybridized carbons (Fsp3) is 0.0714. The summed E-state index contributed by atoms with van der Waals surface area (Å²) in [4.78, 5) is 0. The predicted octanol–water partition coefficient (Wildman–Crippen LogP) is 4.51. The molecule has 2 nitrogen and oxygen atoms in total. The number of hydrogen-bond donors (Lipinski definition) is 1. The van der Waals surface area contributed by atoms with Gasteiger partial charge in [-0.15, -0.1) is 0 Å². The van der Waals surface area contributed by atoms with E-state index < -0.39 is 0 Å². The van der Waals surface area contributed by atoms with Gasteiger partial charge in [-0.1, -0.05) is 22.0 Å².